The van der Waals surface area contributed by atoms with Crippen LogP contribution in [-0.4, -0.2) is 20.2 Å². The molecule has 4 nitrogen and oxygen atoms in total. The highest BCUT2D eigenvalue weighted by Crippen LogP contribution is 2.47. The van der Waals surface area contributed by atoms with E-state index in [1.54, 1.807) is 17.4 Å². The minimum Gasteiger partial charge on any atom is -0.504 e. The van der Waals surface area contributed by atoms with Crippen LogP contribution >= 0.6 is 22.7 Å². The normalized spacial score (nSPS) is 11.4. The molecule has 2 N–H and O–H groups in total. The number of phenols is 2. The lowest BCUT2D eigenvalue weighted by Gasteiger charge is -2.08. The number of para-hydroxylation sites is 2. The van der Waals surface area contributed by atoms with Crippen molar-refractivity contribution in [2.24, 2.45) is 0 Å². The Balaban J connectivity index is 1.79. The predicted octanol–water partition coefficient (Wildman–Crippen LogP) is 5.65. The number of nitrogens with zero attached hydrogens (tertiary/aromatic N) is 2. The zero-order valence-corrected chi connectivity index (χ0v) is 15.0. The Labute approximate surface area is 156 Å². The molecular weight excluding hydrogens is 364 g/mol. The SMILES string of the molecule is Oc1ccc(-c2nc3ccccc3s2)c(-c2nc3ccccc3s2)c1O. The van der Waals surface area contributed by atoms with E-state index < -0.39 is 0 Å². The van der Waals surface area contributed by atoms with Gasteiger partial charge in [0.05, 0.1) is 26.0 Å². The van der Waals surface area contributed by atoms with Crippen molar-refractivity contribution in [2.75, 3.05) is 0 Å². The summed E-state index contributed by atoms with van der Waals surface area (Å²) in [7, 11) is 0. The van der Waals surface area contributed by atoms with Gasteiger partial charge in [0.15, 0.2) is 11.5 Å². The van der Waals surface area contributed by atoms with Gasteiger partial charge in [-0.05, 0) is 36.4 Å². The van der Waals surface area contributed by atoms with E-state index >= 15 is 0 Å². The molecule has 0 radical (unpaired) electrons. The van der Waals surface area contributed by atoms with Gasteiger partial charge in [-0.1, -0.05) is 24.3 Å². The minimum atomic E-state index is -0.166. The van der Waals surface area contributed by atoms with Crippen molar-refractivity contribution in [3.05, 3.63) is 60.7 Å². The number of rotatable bonds is 2. The molecule has 0 aliphatic rings. The first-order chi connectivity index (χ1) is 12.7. The van der Waals surface area contributed by atoms with E-state index in [0.29, 0.717) is 10.6 Å². The van der Waals surface area contributed by atoms with Crippen molar-refractivity contribution in [3.63, 3.8) is 0 Å². The molecule has 26 heavy (non-hydrogen) atoms. The molecule has 2 aromatic heterocycles. The van der Waals surface area contributed by atoms with Gasteiger partial charge >= 0.3 is 0 Å². The van der Waals surface area contributed by atoms with Gasteiger partial charge in [0.25, 0.3) is 0 Å². The Morgan fingerprint density at radius 1 is 0.654 bits per heavy atom. The third kappa shape index (κ3) is 2.34. The second-order valence-electron chi connectivity index (χ2n) is 5.83. The minimum absolute atomic E-state index is 0.163. The number of thiazole rings is 2. The van der Waals surface area contributed by atoms with Gasteiger partial charge in [-0.3, -0.25) is 0 Å². The summed E-state index contributed by atoms with van der Waals surface area (Å²) in [5.41, 5.74) is 3.06. The Morgan fingerprint density at radius 2 is 1.23 bits per heavy atom. The number of hydrogen-bond acceptors (Lipinski definition) is 6. The average molecular weight is 376 g/mol. The van der Waals surface area contributed by atoms with Crippen LogP contribution in [0.2, 0.25) is 0 Å². The van der Waals surface area contributed by atoms with Gasteiger partial charge < -0.3 is 10.2 Å². The molecule has 3 aromatic carbocycles. The highest BCUT2D eigenvalue weighted by Gasteiger charge is 2.21. The van der Waals surface area contributed by atoms with Crippen LogP contribution in [0.3, 0.4) is 0 Å². The third-order valence-corrected chi connectivity index (χ3v) is 6.31. The number of hydrogen-bond donors (Lipinski definition) is 2. The lowest BCUT2D eigenvalue weighted by molar-refractivity contribution is 0.405. The van der Waals surface area contributed by atoms with Gasteiger partial charge in [0.1, 0.15) is 10.0 Å². The lowest BCUT2D eigenvalue weighted by atomic mass is 10.1. The van der Waals surface area contributed by atoms with Crippen molar-refractivity contribution in [2.45, 2.75) is 0 Å². The first-order valence-corrected chi connectivity index (χ1v) is 9.61. The largest absolute Gasteiger partial charge is 0.504 e. The van der Waals surface area contributed by atoms with Crippen LogP contribution in [-0.2, 0) is 0 Å². The molecule has 0 amide bonds. The summed E-state index contributed by atoms with van der Waals surface area (Å²) < 4.78 is 2.10. The molecule has 0 spiro atoms. The van der Waals surface area contributed by atoms with Crippen LogP contribution in [0.25, 0.3) is 41.6 Å². The average Bonchev–Trinajstić information content (AvgIpc) is 3.27. The van der Waals surface area contributed by atoms with Crippen LogP contribution < -0.4 is 0 Å². The fraction of sp³-hybridized carbons (Fsp3) is 0. The first kappa shape index (κ1) is 15.3. The van der Waals surface area contributed by atoms with Crippen molar-refractivity contribution < 1.29 is 10.2 Å². The molecule has 0 aliphatic heterocycles. The van der Waals surface area contributed by atoms with Crippen LogP contribution in [0.4, 0.5) is 0 Å². The second-order valence-corrected chi connectivity index (χ2v) is 7.89. The lowest BCUT2D eigenvalue weighted by Crippen LogP contribution is -1.86. The highest BCUT2D eigenvalue weighted by molar-refractivity contribution is 7.22. The van der Waals surface area contributed by atoms with Crippen LogP contribution in [0.5, 0.6) is 11.5 Å². The number of phenolic OH excluding ortho intramolecular Hbond substituents is 2. The van der Waals surface area contributed by atoms with E-state index in [0.717, 1.165) is 31.0 Å². The van der Waals surface area contributed by atoms with Crippen LogP contribution in [0.1, 0.15) is 0 Å². The van der Waals surface area contributed by atoms with Crippen molar-refractivity contribution in [1.82, 2.24) is 9.97 Å². The quantitative estimate of drug-likeness (QED) is 0.391. The molecule has 0 saturated heterocycles. The smallest absolute Gasteiger partial charge is 0.168 e. The highest BCUT2D eigenvalue weighted by atomic mass is 32.1. The van der Waals surface area contributed by atoms with E-state index in [1.807, 2.05) is 48.5 Å². The van der Waals surface area contributed by atoms with Gasteiger partial charge in [-0.25, -0.2) is 9.97 Å². The summed E-state index contributed by atoms with van der Waals surface area (Å²) in [5, 5.41) is 22.1. The van der Waals surface area contributed by atoms with E-state index in [-0.39, 0.29) is 11.5 Å². The van der Waals surface area contributed by atoms with Crippen molar-refractivity contribution >= 4 is 43.1 Å². The summed E-state index contributed by atoms with van der Waals surface area (Å²) >= 11 is 3.04. The maximum atomic E-state index is 10.6. The van der Waals surface area contributed by atoms with Gasteiger partial charge in [-0.2, -0.15) is 0 Å². The van der Waals surface area contributed by atoms with Gasteiger partial charge in [-0.15, -0.1) is 22.7 Å². The van der Waals surface area contributed by atoms with E-state index in [1.165, 1.54) is 17.4 Å². The third-order valence-electron chi connectivity index (χ3n) is 4.19. The monoisotopic (exact) mass is 376 g/mol. The molecule has 5 aromatic rings. The molecule has 0 atom stereocenters. The number of aromatic nitrogens is 2. The van der Waals surface area contributed by atoms with Crippen LogP contribution in [0, 0.1) is 0 Å². The summed E-state index contributed by atoms with van der Waals surface area (Å²) in [6.07, 6.45) is 0. The zero-order chi connectivity index (χ0) is 17.7. The Kier molecular flexibility index (Phi) is 3.41. The molecule has 2 heterocycles. The molecular formula is C20H12N2O2S2. The fourth-order valence-electron chi connectivity index (χ4n) is 2.94. The molecule has 0 bridgehead atoms. The summed E-state index contributed by atoms with van der Waals surface area (Å²) in [4.78, 5) is 9.35. The Morgan fingerprint density at radius 3 is 1.88 bits per heavy atom. The topological polar surface area (TPSA) is 66.2 Å². The van der Waals surface area contributed by atoms with Crippen molar-refractivity contribution in [1.29, 1.82) is 0 Å². The molecule has 0 aliphatic carbocycles. The number of fused-ring (bicyclic) bond motifs is 2. The molecule has 0 fully saturated rings. The summed E-state index contributed by atoms with van der Waals surface area (Å²) in [6, 6.07) is 19.0. The van der Waals surface area contributed by atoms with E-state index in [2.05, 4.69) is 4.98 Å². The second kappa shape index (κ2) is 5.79. The molecule has 5 rings (SSSR count). The Hall–Kier alpha value is -2.96. The molecule has 126 valence electrons. The number of benzene rings is 3. The first-order valence-electron chi connectivity index (χ1n) is 7.97. The zero-order valence-electron chi connectivity index (χ0n) is 13.4. The van der Waals surface area contributed by atoms with Gasteiger partial charge in [0, 0.05) is 5.56 Å². The van der Waals surface area contributed by atoms with Crippen LogP contribution in [0.15, 0.2) is 60.7 Å². The van der Waals surface area contributed by atoms with Gasteiger partial charge in [0.2, 0.25) is 0 Å². The number of aromatic hydroxyl groups is 2. The van der Waals surface area contributed by atoms with Crippen molar-refractivity contribution in [3.8, 4) is 32.6 Å². The van der Waals surface area contributed by atoms with E-state index in [4.69, 9.17) is 4.98 Å². The standard InChI is InChI=1S/C20H12N2O2S2/c23-14-10-9-11(19-21-12-5-1-3-7-15(12)25-19)17(18(14)24)20-22-13-6-2-4-8-16(13)26-20/h1-10,23-24H. The maximum absolute atomic E-state index is 10.6. The molecule has 6 heteroatoms. The fourth-order valence-corrected chi connectivity index (χ4v) is 4.96. The predicted molar refractivity (Wildman–Crippen MR) is 107 cm³/mol. The summed E-state index contributed by atoms with van der Waals surface area (Å²) in [6.45, 7) is 0. The summed E-state index contributed by atoms with van der Waals surface area (Å²) in [5.74, 6) is -0.329. The molecule has 0 unspecified atom stereocenters. The Bertz CT molecular complexity index is 1210. The molecule has 0 saturated carbocycles. The maximum Gasteiger partial charge on any atom is 0.168 e. The van der Waals surface area contributed by atoms with E-state index in [9.17, 15) is 10.2 Å².